The lowest BCUT2D eigenvalue weighted by Gasteiger charge is -2.17. The van der Waals surface area contributed by atoms with Gasteiger partial charge < -0.3 is 26.4 Å². The number of nitrogen functional groups attached to an aromatic ring is 1. The van der Waals surface area contributed by atoms with Crippen molar-refractivity contribution >= 4 is 40.8 Å². The molecule has 6 N–H and O–H groups in total. The van der Waals surface area contributed by atoms with Gasteiger partial charge in [0.15, 0.2) is 6.61 Å². The van der Waals surface area contributed by atoms with Gasteiger partial charge in [0.1, 0.15) is 11.6 Å². The molecule has 0 aromatic heterocycles. The molecule has 0 aliphatic carbocycles. The number of nitrogens with one attached hydrogen (secondary N) is 2. The summed E-state index contributed by atoms with van der Waals surface area (Å²) in [5.41, 5.74) is 12.5. The van der Waals surface area contributed by atoms with Gasteiger partial charge in [0, 0.05) is 46.9 Å². The topological polar surface area (TPSA) is 152 Å². The quantitative estimate of drug-likeness (QED) is 0.360. The number of benzene rings is 2. The molecule has 1 aliphatic rings. The fourth-order valence-corrected chi connectivity index (χ4v) is 3.44. The Kier molecular flexibility index (Phi) is 6.76. The third-order valence-corrected chi connectivity index (χ3v) is 4.94. The molecule has 3 rings (SSSR count). The molecular weight excluding hydrogens is 422 g/mol. The minimum Gasteiger partial charge on any atom is -0.483 e. The third-order valence-electron chi connectivity index (χ3n) is 4.72. The molecule has 0 radical (unpaired) electrons. The van der Waals surface area contributed by atoms with Crippen LogP contribution in [0.5, 0.6) is 5.75 Å². The predicted molar refractivity (Wildman–Crippen MR) is 116 cm³/mol. The SMILES string of the molecule is N=C(N)c1ccc(CNC(=O)c2cc(Cl)cc(N3CCCC3=O)c2)c(OCC(N)=O)c1. The number of hydrogen-bond donors (Lipinski definition) is 4. The average Bonchev–Trinajstić information content (AvgIpc) is 3.16. The Balaban J connectivity index is 1.77. The Labute approximate surface area is 183 Å². The number of carbonyl (C=O) groups is 3. The number of halogens is 1. The van der Waals surface area contributed by atoms with Crippen LogP contribution in [0.2, 0.25) is 5.02 Å². The summed E-state index contributed by atoms with van der Waals surface area (Å²) in [7, 11) is 0. The highest BCUT2D eigenvalue weighted by atomic mass is 35.5. The normalized spacial score (nSPS) is 13.2. The van der Waals surface area contributed by atoms with Crippen LogP contribution in [-0.4, -0.2) is 36.7 Å². The van der Waals surface area contributed by atoms with E-state index in [4.69, 9.17) is 33.2 Å². The van der Waals surface area contributed by atoms with Gasteiger partial charge >= 0.3 is 0 Å². The molecule has 0 saturated carbocycles. The van der Waals surface area contributed by atoms with E-state index in [-0.39, 0.29) is 30.6 Å². The van der Waals surface area contributed by atoms with E-state index >= 15 is 0 Å². The molecule has 0 spiro atoms. The number of nitrogens with zero attached hydrogens (tertiary/aromatic N) is 1. The van der Waals surface area contributed by atoms with E-state index in [0.29, 0.717) is 40.4 Å². The number of nitrogens with two attached hydrogens (primary N) is 2. The summed E-state index contributed by atoms with van der Waals surface area (Å²) in [6, 6.07) is 9.54. The first-order valence-corrected chi connectivity index (χ1v) is 9.90. The second-order valence-electron chi connectivity index (χ2n) is 7.02. The standard InChI is InChI=1S/C21H22ClN5O4/c22-15-6-14(7-16(9-15)27-5-1-2-19(27)29)21(30)26-10-13-4-3-12(20(24)25)8-17(13)31-11-18(23)28/h3-4,6-9H,1-2,5,10-11H2,(H2,23,28)(H3,24,25)(H,26,30). The van der Waals surface area contributed by atoms with E-state index in [0.717, 1.165) is 6.42 Å². The van der Waals surface area contributed by atoms with E-state index in [1.54, 1.807) is 29.2 Å². The Bertz CT molecular complexity index is 1060. The van der Waals surface area contributed by atoms with Crippen LogP contribution >= 0.6 is 11.6 Å². The second kappa shape index (κ2) is 9.48. The molecule has 10 heteroatoms. The summed E-state index contributed by atoms with van der Waals surface area (Å²) < 4.78 is 5.40. The first-order valence-electron chi connectivity index (χ1n) is 9.52. The molecule has 1 fully saturated rings. The monoisotopic (exact) mass is 443 g/mol. The summed E-state index contributed by atoms with van der Waals surface area (Å²) in [6.45, 7) is 0.308. The fourth-order valence-electron chi connectivity index (χ4n) is 3.21. The van der Waals surface area contributed by atoms with Gasteiger partial charge in [0.05, 0.1) is 0 Å². The van der Waals surface area contributed by atoms with E-state index in [9.17, 15) is 14.4 Å². The van der Waals surface area contributed by atoms with Crippen molar-refractivity contribution in [1.29, 1.82) is 5.41 Å². The lowest BCUT2D eigenvalue weighted by Crippen LogP contribution is -2.26. The summed E-state index contributed by atoms with van der Waals surface area (Å²) in [5.74, 6) is -0.947. The van der Waals surface area contributed by atoms with Crippen molar-refractivity contribution < 1.29 is 19.1 Å². The van der Waals surface area contributed by atoms with Gasteiger partial charge in [0.25, 0.3) is 11.8 Å². The first kappa shape index (κ1) is 22.1. The minimum atomic E-state index is -0.661. The number of anilines is 1. The summed E-state index contributed by atoms with van der Waals surface area (Å²) in [4.78, 5) is 37.4. The molecule has 2 aromatic rings. The van der Waals surface area contributed by atoms with Crippen molar-refractivity contribution in [3.63, 3.8) is 0 Å². The number of hydrogen-bond acceptors (Lipinski definition) is 5. The number of ether oxygens (including phenoxy) is 1. The molecule has 1 heterocycles. The zero-order valence-electron chi connectivity index (χ0n) is 16.6. The molecule has 9 nitrogen and oxygen atoms in total. The lowest BCUT2D eigenvalue weighted by atomic mass is 10.1. The minimum absolute atomic E-state index is 0.00423. The number of amides is 3. The van der Waals surface area contributed by atoms with E-state index in [2.05, 4.69) is 5.32 Å². The molecule has 1 aliphatic heterocycles. The van der Waals surface area contributed by atoms with Gasteiger partial charge in [-0.2, -0.15) is 0 Å². The molecule has 1 saturated heterocycles. The Morgan fingerprint density at radius 1 is 1.16 bits per heavy atom. The van der Waals surface area contributed by atoms with Crippen molar-refractivity contribution in [1.82, 2.24) is 5.32 Å². The molecule has 0 bridgehead atoms. The molecule has 0 unspecified atom stereocenters. The number of primary amides is 1. The van der Waals surface area contributed by atoms with Crippen LogP contribution in [0.15, 0.2) is 36.4 Å². The highest BCUT2D eigenvalue weighted by molar-refractivity contribution is 6.31. The van der Waals surface area contributed by atoms with Crippen molar-refractivity contribution in [2.75, 3.05) is 18.1 Å². The number of carbonyl (C=O) groups excluding carboxylic acids is 3. The molecule has 0 atom stereocenters. The first-order chi connectivity index (χ1) is 14.7. The van der Waals surface area contributed by atoms with Gasteiger partial charge in [-0.15, -0.1) is 0 Å². The summed E-state index contributed by atoms with van der Waals surface area (Å²) in [6.07, 6.45) is 1.23. The maximum atomic E-state index is 12.7. The van der Waals surface area contributed by atoms with Crippen molar-refractivity contribution in [3.8, 4) is 5.75 Å². The smallest absolute Gasteiger partial charge is 0.255 e. The van der Waals surface area contributed by atoms with E-state index in [1.807, 2.05) is 0 Å². The van der Waals surface area contributed by atoms with E-state index in [1.165, 1.54) is 12.1 Å². The van der Waals surface area contributed by atoms with Crippen LogP contribution in [0.1, 0.15) is 34.3 Å². The summed E-state index contributed by atoms with van der Waals surface area (Å²) >= 11 is 6.17. The van der Waals surface area contributed by atoms with E-state index < -0.39 is 11.8 Å². The molecule has 162 valence electrons. The zero-order chi connectivity index (χ0) is 22.5. The average molecular weight is 444 g/mol. The van der Waals surface area contributed by atoms with Crippen LogP contribution in [0.25, 0.3) is 0 Å². The highest BCUT2D eigenvalue weighted by Crippen LogP contribution is 2.27. The molecular formula is C21H22ClN5O4. The Hall–Kier alpha value is -3.59. The lowest BCUT2D eigenvalue weighted by molar-refractivity contribution is -0.120. The van der Waals surface area contributed by atoms with Gasteiger partial charge in [-0.3, -0.25) is 19.8 Å². The third kappa shape index (κ3) is 5.52. The predicted octanol–water partition coefficient (Wildman–Crippen LogP) is 1.54. The number of amidine groups is 1. The van der Waals surface area contributed by atoms with Crippen LogP contribution in [0.3, 0.4) is 0 Å². The number of rotatable bonds is 8. The largest absolute Gasteiger partial charge is 0.483 e. The van der Waals surface area contributed by atoms with Crippen LogP contribution in [0.4, 0.5) is 5.69 Å². The van der Waals surface area contributed by atoms with Gasteiger partial charge in [-0.25, -0.2) is 0 Å². The van der Waals surface area contributed by atoms with Gasteiger partial charge in [-0.05, 0) is 30.7 Å². The second-order valence-corrected chi connectivity index (χ2v) is 7.46. The molecule has 2 aromatic carbocycles. The van der Waals surface area contributed by atoms with Gasteiger partial charge in [-0.1, -0.05) is 23.7 Å². The zero-order valence-corrected chi connectivity index (χ0v) is 17.4. The van der Waals surface area contributed by atoms with Crippen molar-refractivity contribution in [2.45, 2.75) is 19.4 Å². The molecule has 31 heavy (non-hydrogen) atoms. The van der Waals surface area contributed by atoms with Gasteiger partial charge in [0.2, 0.25) is 5.91 Å². The maximum absolute atomic E-state index is 12.7. The van der Waals surface area contributed by atoms with Crippen molar-refractivity contribution in [3.05, 3.63) is 58.1 Å². The highest BCUT2D eigenvalue weighted by Gasteiger charge is 2.23. The Morgan fingerprint density at radius 3 is 2.58 bits per heavy atom. The Morgan fingerprint density at radius 2 is 1.94 bits per heavy atom. The van der Waals surface area contributed by atoms with Crippen LogP contribution in [-0.2, 0) is 16.1 Å². The maximum Gasteiger partial charge on any atom is 0.255 e. The van der Waals surface area contributed by atoms with Crippen molar-refractivity contribution in [2.24, 2.45) is 11.5 Å². The van der Waals surface area contributed by atoms with Crippen LogP contribution in [0, 0.1) is 5.41 Å². The molecule has 3 amide bonds. The summed E-state index contributed by atoms with van der Waals surface area (Å²) in [5, 5.41) is 10.7. The van der Waals surface area contributed by atoms with Crippen LogP contribution < -0.4 is 26.4 Å². The fraction of sp³-hybridized carbons (Fsp3) is 0.238.